The summed E-state index contributed by atoms with van der Waals surface area (Å²) in [6.45, 7) is 0.926. The normalized spacial score (nSPS) is 16.7. The number of fused-ring (bicyclic) bond motifs is 6. The lowest BCUT2D eigenvalue weighted by Gasteiger charge is -2.31. The lowest BCUT2D eigenvalue weighted by molar-refractivity contribution is -0.153. The third-order valence-corrected chi connectivity index (χ3v) is 9.84. The number of amides is 2. The van der Waals surface area contributed by atoms with Crippen LogP contribution in [0.1, 0.15) is 52.0 Å². The van der Waals surface area contributed by atoms with Crippen molar-refractivity contribution in [1.82, 2.24) is 29.4 Å². The number of carboxylic acids is 1. The lowest BCUT2D eigenvalue weighted by atomic mass is 9.84. The Morgan fingerprint density at radius 1 is 0.923 bits per heavy atom. The Morgan fingerprint density at radius 3 is 2.37 bits per heavy atom. The summed E-state index contributed by atoms with van der Waals surface area (Å²) < 4.78 is 9.31. The minimum atomic E-state index is -1.80. The first-order valence-electron chi connectivity index (χ1n) is 16.6. The van der Waals surface area contributed by atoms with Crippen molar-refractivity contribution in [2.24, 2.45) is 13.0 Å². The molecule has 7 rings (SSSR count). The molecule has 3 atom stereocenters. The van der Waals surface area contributed by atoms with E-state index in [0.29, 0.717) is 41.2 Å². The first kappa shape index (κ1) is 33.9. The van der Waals surface area contributed by atoms with Crippen molar-refractivity contribution >= 4 is 56.6 Å². The van der Waals surface area contributed by atoms with Gasteiger partial charge in [-0.05, 0) is 43.5 Å². The smallest absolute Gasteiger partial charge is 0.329 e. The number of aliphatic carboxylic acids is 1. The molecular formula is C36H34N6O10. The van der Waals surface area contributed by atoms with Crippen LogP contribution in [0.2, 0.25) is 0 Å². The topological polar surface area (TPSA) is 226 Å². The van der Waals surface area contributed by atoms with Gasteiger partial charge in [0.2, 0.25) is 0 Å². The van der Waals surface area contributed by atoms with Crippen molar-refractivity contribution in [1.29, 1.82) is 0 Å². The number of rotatable bonds is 8. The lowest BCUT2D eigenvalue weighted by Crippen LogP contribution is -2.49. The molecule has 268 valence electrons. The number of para-hydroxylation sites is 2. The molecule has 6 aromatic rings. The fourth-order valence-corrected chi connectivity index (χ4v) is 7.22. The second-order valence-electron chi connectivity index (χ2n) is 12.9. The molecule has 6 N–H and O–H groups in total. The highest BCUT2D eigenvalue weighted by molar-refractivity contribution is 6.03. The summed E-state index contributed by atoms with van der Waals surface area (Å²) in [5, 5.41) is 41.0. The Labute approximate surface area is 292 Å². The van der Waals surface area contributed by atoms with Crippen LogP contribution in [0, 0.1) is 12.8 Å². The summed E-state index contributed by atoms with van der Waals surface area (Å²) in [6.07, 6.45) is 1.83. The van der Waals surface area contributed by atoms with Gasteiger partial charge in [0, 0.05) is 23.9 Å². The molecule has 16 heteroatoms. The largest absolute Gasteiger partial charge is 0.505 e. The van der Waals surface area contributed by atoms with E-state index in [0.717, 1.165) is 10.1 Å². The van der Waals surface area contributed by atoms with Gasteiger partial charge in [0.05, 0.1) is 17.0 Å². The van der Waals surface area contributed by atoms with Crippen LogP contribution in [0.15, 0.2) is 64.2 Å². The van der Waals surface area contributed by atoms with Crippen LogP contribution in [-0.4, -0.2) is 76.6 Å². The average molecular weight is 711 g/mol. The number of carbonyl (C=O) groups is 4. The molecule has 1 aliphatic rings. The maximum atomic E-state index is 13.5. The number of hydrogen-bond donors (Lipinski definition) is 6. The monoisotopic (exact) mass is 710 g/mol. The first-order valence-corrected chi connectivity index (χ1v) is 16.6. The predicted molar refractivity (Wildman–Crippen MR) is 187 cm³/mol. The van der Waals surface area contributed by atoms with Crippen molar-refractivity contribution in [2.75, 3.05) is 6.61 Å². The quantitative estimate of drug-likeness (QED) is 0.126. The number of aryl methyl sites for hydroxylation is 2. The Morgan fingerprint density at radius 2 is 1.62 bits per heavy atom. The highest BCUT2D eigenvalue weighted by Crippen LogP contribution is 2.33. The molecule has 1 aliphatic carbocycles. The molecule has 16 nitrogen and oxygen atoms in total. The van der Waals surface area contributed by atoms with Gasteiger partial charge in [-0.15, -0.1) is 0 Å². The van der Waals surface area contributed by atoms with Crippen LogP contribution in [0.4, 0.5) is 0 Å². The number of ether oxygens (including phenoxy) is 1. The molecule has 0 spiro atoms. The van der Waals surface area contributed by atoms with E-state index in [1.165, 1.54) is 16.1 Å². The van der Waals surface area contributed by atoms with Crippen molar-refractivity contribution in [3.8, 4) is 11.5 Å². The Balaban J connectivity index is 1.07. The molecule has 0 bridgehead atoms. The highest BCUT2D eigenvalue weighted by atomic mass is 16.5. The van der Waals surface area contributed by atoms with Gasteiger partial charge in [-0.2, -0.15) is 0 Å². The second-order valence-corrected chi connectivity index (χ2v) is 12.9. The van der Waals surface area contributed by atoms with Gasteiger partial charge >= 0.3 is 11.9 Å². The summed E-state index contributed by atoms with van der Waals surface area (Å²) in [5.41, 5.74) is -0.678. The van der Waals surface area contributed by atoms with Crippen molar-refractivity contribution in [3.63, 3.8) is 0 Å². The van der Waals surface area contributed by atoms with Crippen LogP contribution in [-0.2, 0) is 21.4 Å². The Kier molecular flexibility index (Phi) is 8.44. The van der Waals surface area contributed by atoms with E-state index in [-0.39, 0.29) is 17.5 Å². The number of nitrogens with one attached hydrogen (secondary N) is 3. The number of carbonyl (C=O) groups excluding carboxylic acids is 3. The van der Waals surface area contributed by atoms with Crippen LogP contribution < -0.4 is 21.8 Å². The predicted octanol–water partition coefficient (Wildman–Crippen LogP) is 2.32. The molecular weight excluding hydrogens is 676 g/mol. The number of aromatic nitrogens is 4. The van der Waals surface area contributed by atoms with Gasteiger partial charge < -0.3 is 30.7 Å². The van der Waals surface area contributed by atoms with Gasteiger partial charge in [-0.3, -0.25) is 29.1 Å². The van der Waals surface area contributed by atoms with Crippen molar-refractivity contribution in [2.45, 2.75) is 44.7 Å². The number of aromatic amines is 1. The molecule has 2 unspecified atom stereocenters. The van der Waals surface area contributed by atoms with Crippen LogP contribution in [0.5, 0.6) is 11.5 Å². The minimum absolute atomic E-state index is 0.143. The van der Waals surface area contributed by atoms with Crippen molar-refractivity contribution in [3.05, 3.63) is 92.0 Å². The SMILES string of the molecule is Cc1c2ccccc2n2[nH]c(=O)c(C(=O)NC3CCCCC3C(=O)OC[C@H](NC(=O)c3c(O)c4cc5ccccc5n4n(C)c3=O)C(=O)O)c(O)c12. The summed E-state index contributed by atoms with van der Waals surface area (Å²) in [6, 6.07) is 13.1. The summed E-state index contributed by atoms with van der Waals surface area (Å²) in [4.78, 5) is 78.6. The molecule has 0 radical (unpaired) electrons. The molecule has 1 saturated carbocycles. The summed E-state index contributed by atoms with van der Waals surface area (Å²) in [7, 11) is 1.40. The maximum Gasteiger partial charge on any atom is 0.329 e. The zero-order valence-corrected chi connectivity index (χ0v) is 28.0. The van der Waals surface area contributed by atoms with Gasteiger partial charge in [-0.1, -0.05) is 49.2 Å². The third-order valence-electron chi connectivity index (χ3n) is 9.84. The molecule has 0 aliphatic heterocycles. The average Bonchev–Trinajstić information content (AvgIpc) is 3.65. The number of carboxylic acid groups (broad SMARTS) is 1. The van der Waals surface area contributed by atoms with E-state index in [2.05, 4.69) is 15.7 Å². The zero-order valence-electron chi connectivity index (χ0n) is 28.0. The standard InChI is InChI=1S/C36H34N6O10/c1-17-19-10-5-8-14-24(19)41-28(17)30(44)26(33(47)39-41)31(45)37-21-12-6-4-11-20(21)36(51)52-16-22(35(49)50)38-32(46)27-29(43)25-15-18-9-3-7-13-23(18)42(25)40(2)34(27)48/h3,5,7-10,13-15,20-22,43-44H,4,6,11-12,16H2,1-2H3,(H,37,45)(H,38,46)(H,39,47)(H,49,50)/t20?,21?,22-/m0/s1. The summed E-state index contributed by atoms with van der Waals surface area (Å²) in [5.74, 6) is -6.62. The number of esters is 1. The summed E-state index contributed by atoms with van der Waals surface area (Å²) >= 11 is 0. The van der Waals surface area contributed by atoms with E-state index >= 15 is 0 Å². The van der Waals surface area contributed by atoms with E-state index in [1.54, 1.807) is 49.4 Å². The van der Waals surface area contributed by atoms with Crippen LogP contribution in [0.3, 0.4) is 0 Å². The van der Waals surface area contributed by atoms with Gasteiger partial charge in [0.1, 0.15) is 28.8 Å². The molecule has 4 heterocycles. The van der Waals surface area contributed by atoms with Gasteiger partial charge in [0.15, 0.2) is 17.5 Å². The Bertz CT molecular complexity index is 2600. The van der Waals surface area contributed by atoms with E-state index < -0.39 is 82.1 Å². The fourth-order valence-electron chi connectivity index (χ4n) is 7.22. The number of hydrogen-bond acceptors (Lipinski definition) is 9. The van der Waals surface area contributed by atoms with Crippen molar-refractivity contribution < 1.29 is 39.2 Å². The highest BCUT2D eigenvalue weighted by Gasteiger charge is 2.36. The number of benzene rings is 2. The molecule has 0 saturated heterocycles. The van der Waals surface area contributed by atoms with E-state index in [9.17, 15) is 44.1 Å². The third kappa shape index (κ3) is 5.48. The zero-order chi connectivity index (χ0) is 37.0. The Hall–Kier alpha value is -6.58. The van der Waals surface area contributed by atoms with E-state index in [1.807, 2.05) is 12.1 Å². The van der Waals surface area contributed by atoms with Crippen LogP contribution >= 0.6 is 0 Å². The van der Waals surface area contributed by atoms with Gasteiger partial charge in [-0.25, -0.2) is 18.5 Å². The molecule has 1 fully saturated rings. The number of nitrogens with zero attached hydrogens (tertiary/aromatic N) is 3. The number of aromatic hydroxyl groups is 2. The number of H-pyrrole nitrogens is 1. The first-order chi connectivity index (χ1) is 24.9. The fraction of sp³-hybridized carbons (Fsp3) is 0.278. The molecule has 52 heavy (non-hydrogen) atoms. The van der Waals surface area contributed by atoms with Gasteiger partial charge in [0.25, 0.3) is 22.9 Å². The maximum absolute atomic E-state index is 13.5. The molecule has 2 amide bonds. The van der Waals surface area contributed by atoms with Crippen LogP contribution in [0.25, 0.3) is 32.8 Å². The minimum Gasteiger partial charge on any atom is -0.505 e. The molecule has 4 aromatic heterocycles. The molecule has 2 aromatic carbocycles. The van der Waals surface area contributed by atoms with E-state index in [4.69, 9.17) is 4.74 Å². The second kappa shape index (κ2) is 12.9.